The highest BCUT2D eigenvalue weighted by atomic mass is 35.5. The molecule has 2 rings (SSSR count). The molecule has 0 radical (unpaired) electrons. The normalized spacial score (nSPS) is 22.0. The minimum atomic E-state index is 0. The Labute approximate surface area is 140 Å². The molecule has 0 spiro atoms. The van der Waals surface area contributed by atoms with E-state index in [9.17, 15) is 4.79 Å². The Hall–Kier alpha value is -0.0700. The molecule has 2 fully saturated rings. The van der Waals surface area contributed by atoms with Gasteiger partial charge in [0.15, 0.2) is 0 Å². The molecule has 7 heteroatoms. The first kappa shape index (κ1) is 20.9. The van der Waals surface area contributed by atoms with Gasteiger partial charge in [-0.3, -0.25) is 4.79 Å². The van der Waals surface area contributed by atoms with Crippen molar-refractivity contribution < 1.29 is 9.53 Å². The van der Waals surface area contributed by atoms with Crippen molar-refractivity contribution in [2.75, 3.05) is 59.5 Å². The molecular weight excluding hydrogens is 313 g/mol. The Morgan fingerprint density at radius 1 is 1.24 bits per heavy atom. The molecule has 1 N–H and O–H groups in total. The molecule has 1 amide bonds. The fourth-order valence-corrected chi connectivity index (χ4v) is 3.02. The van der Waals surface area contributed by atoms with Crippen LogP contribution >= 0.6 is 24.8 Å². The maximum absolute atomic E-state index is 12.0. The van der Waals surface area contributed by atoms with Crippen LogP contribution in [-0.2, 0) is 9.53 Å². The van der Waals surface area contributed by atoms with Crippen molar-refractivity contribution in [2.45, 2.75) is 19.3 Å². The van der Waals surface area contributed by atoms with Crippen LogP contribution in [0.3, 0.4) is 0 Å². The van der Waals surface area contributed by atoms with Crippen LogP contribution in [0, 0.1) is 5.92 Å². The van der Waals surface area contributed by atoms with E-state index in [-0.39, 0.29) is 30.7 Å². The third-order valence-electron chi connectivity index (χ3n) is 4.11. The Bertz CT molecular complexity index is 289. The maximum atomic E-state index is 12.0. The summed E-state index contributed by atoms with van der Waals surface area (Å²) < 4.78 is 4.95. The lowest BCUT2D eigenvalue weighted by Gasteiger charge is -2.20. The van der Waals surface area contributed by atoms with E-state index in [0.717, 1.165) is 19.6 Å². The van der Waals surface area contributed by atoms with Gasteiger partial charge in [0, 0.05) is 33.3 Å². The number of carbonyl (C=O) groups is 1. The first-order valence-electron chi connectivity index (χ1n) is 7.49. The summed E-state index contributed by atoms with van der Waals surface area (Å²) in [6, 6.07) is 0. The molecular formula is C14H29Cl2N3O2. The third-order valence-corrected chi connectivity index (χ3v) is 4.11. The average Bonchev–Trinajstić information content (AvgIpc) is 3.06. The van der Waals surface area contributed by atoms with Crippen molar-refractivity contribution in [1.82, 2.24) is 15.1 Å². The van der Waals surface area contributed by atoms with E-state index >= 15 is 0 Å². The standard InChI is InChI=1S/C14H27N3O2.2ClH/c1-19-9-5-15-10-14(18)17-8-4-13(12-17)11-16-6-2-3-7-16;;/h13,15H,2-12H2,1H3;2*1H. The van der Waals surface area contributed by atoms with Crippen LogP contribution in [0.1, 0.15) is 19.3 Å². The molecule has 0 aliphatic carbocycles. The summed E-state index contributed by atoms with van der Waals surface area (Å²) in [5.74, 6) is 0.918. The van der Waals surface area contributed by atoms with Gasteiger partial charge in [-0.1, -0.05) is 0 Å². The zero-order valence-electron chi connectivity index (χ0n) is 12.9. The van der Waals surface area contributed by atoms with E-state index in [1.165, 1.54) is 38.9 Å². The molecule has 0 aromatic heterocycles. The van der Waals surface area contributed by atoms with Crippen LogP contribution in [0.15, 0.2) is 0 Å². The molecule has 2 aliphatic rings. The Morgan fingerprint density at radius 3 is 2.62 bits per heavy atom. The quantitative estimate of drug-likeness (QED) is 0.702. The number of carbonyl (C=O) groups excluding carboxylic acids is 1. The van der Waals surface area contributed by atoms with E-state index < -0.39 is 0 Å². The van der Waals surface area contributed by atoms with Gasteiger partial charge >= 0.3 is 0 Å². The zero-order valence-corrected chi connectivity index (χ0v) is 14.5. The molecule has 126 valence electrons. The van der Waals surface area contributed by atoms with Gasteiger partial charge in [0.2, 0.25) is 5.91 Å². The van der Waals surface area contributed by atoms with Gasteiger partial charge in [0.1, 0.15) is 0 Å². The second-order valence-electron chi connectivity index (χ2n) is 5.67. The zero-order chi connectivity index (χ0) is 13.5. The van der Waals surface area contributed by atoms with Crippen molar-refractivity contribution in [1.29, 1.82) is 0 Å². The van der Waals surface area contributed by atoms with E-state index in [2.05, 4.69) is 10.2 Å². The summed E-state index contributed by atoms with van der Waals surface area (Å²) in [5, 5.41) is 3.12. The minimum absolute atomic E-state index is 0. The number of likely N-dealkylation sites (tertiary alicyclic amines) is 2. The van der Waals surface area contributed by atoms with Crippen molar-refractivity contribution in [3.05, 3.63) is 0 Å². The average molecular weight is 342 g/mol. The summed E-state index contributed by atoms with van der Waals surface area (Å²) in [7, 11) is 1.67. The fourth-order valence-electron chi connectivity index (χ4n) is 3.02. The van der Waals surface area contributed by atoms with Crippen molar-refractivity contribution in [3.63, 3.8) is 0 Å². The molecule has 2 aliphatic heterocycles. The number of halogens is 2. The molecule has 0 bridgehead atoms. The molecule has 2 saturated heterocycles. The lowest BCUT2D eigenvalue weighted by molar-refractivity contribution is -0.129. The number of rotatable bonds is 7. The molecule has 0 aromatic rings. The summed E-state index contributed by atoms with van der Waals surface area (Å²) in [4.78, 5) is 16.6. The van der Waals surface area contributed by atoms with Crippen molar-refractivity contribution >= 4 is 30.7 Å². The van der Waals surface area contributed by atoms with Crippen LogP contribution < -0.4 is 5.32 Å². The number of hydrogen-bond acceptors (Lipinski definition) is 4. The molecule has 2 heterocycles. The number of ether oxygens (including phenoxy) is 1. The fraction of sp³-hybridized carbons (Fsp3) is 0.929. The van der Waals surface area contributed by atoms with Crippen LogP contribution in [0.5, 0.6) is 0 Å². The Morgan fingerprint density at radius 2 is 1.95 bits per heavy atom. The summed E-state index contributed by atoms with van der Waals surface area (Å²) in [5.41, 5.74) is 0. The van der Waals surface area contributed by atoms with Crippen LogP contribution in [0.4, 0.5) is 0 Å². The summed E-state index contributed by atoms with van der Waals surface area (Å²) in [6.45, 7) is 7.41. The minimum Gasteiger partial charge on any atom is -0.383 e. The highest BCUT2D eigenvalue weighted by molar-refractivity contribution is 5.85. The van der Waals surface area contributed by atoms with E-state index in [1.807, 2.05) is 4.90 Å². The summed E-state index contributed by atoms with van der Waals surface area (Å²) in [6.07, 6.45) is 3.86. The summed E-state index contributed by atoms with van der Waals surface area (Å²) >= 11 is 0. The van der Waals surface area contributed by atoms with Crippen LogP contribution in [0.2, 0.25) is 0 Å². The van der Waals surface area contributed by atoms with E-state index in [4.69, 9.17) is 4.74 Å². The van der Waals surface area contributed by atoms with Crippen LogP contribution in [0.25, 0.3) is 0 Å². The largest absolute Gasteiger partial charge is 0.383 e. The monoisotopic (exact) mass is 341 g/mol. The van der Waals surface area contributed by atoms with Gasteiger partial charge in [-0.25, -0.2) is 0 Å². The van der Waals surface area contributed by atoms with Gasteiger partial charge in [-0.2, -0.15) is 0 Å². The molecule has 1 unspecified atom stereocenters. The number of methoxy groups -OCH3 is 1. The number of amides is 1. The van der Waals surface area contributed by atoms with Gasteiger partial charge in [0.05, 0.1) is 13.2 Å². The molecule has 21 heavy (non-hydrogen) atoms. The molecule has 0 saturated carbocycles. The Balaban J connectivity index is 0.00000200. The predicted octanol–water partition coefficient (Wildman–Crippen LogP) is 1.01. The molecule has 0 aromatic carbocycles. The SMILES string of the molecule is COCCNCC(=O)N1CCC(CN2CCCC2)C1.Cl.Cl. The second kappa shape index (κ2) is 11.5. The van der Waals surface area contributed by atoms with E-state index in [0.29, 0.717) is 19.1 Å². The first-order chi connectivity index (χ1) is 9.29. The molecule has 1 atom stereocenters. The van der Waals surface area contributed by atoms with Crippen molar-refractivity contribution in [3.8, 4) is 0 Å². The number of nitrogens with zero attached hydrogens (tertiary/aromatic N) is 2. The Kier molecular flexibility index (Phi) is 11.5. The smallest absolute Gasteiger partial charge is 0.236 e. The first-order valence-corrected chi connectivity index (χ1v) is 7.49. The maximum Gasteiger partial charge on any atom is 0.236 e. The second-order valence-corrected chi connectivity index (χ2v) is 5.67. The van der Waals surface area contributed by atoms with Crippen molar-refractivity contribution in [2.24, 2.45) is 5.92 Å². The predicted molar refractivity (Wildman–Crippen MR) is 89.6 cm³/mol. The highest BCUT2D eigenvalue weighted by Gasteiger charge is 2.27. The van der Waals surface area contributed by atoms with Gasteiger partial charge in [0.25, 0.3) is 0 Å². The van der Waals surface area contributed by atoms with Gasteiger partial charge < -0.3 is 19.9 Å². The third kappa shape index (κ3) is 7.15. The van der Waals surface area contributed by atoms with Gasteiger partial charge in [-0.05, 0) is 38.3 Å². The highest BCUT2D eigenvalue weighted by Crippen LogP contribution is 2.19. The van der Waals surface area contributed by atoms with Gasteiger partial charge in [-0.15, -0.1) is 24.8 Å². The molecule has 5 nitrogen and oxygen atoms in total. The lowest BCUT2D eigenvalue weighted by Crippen LogP contribution is -2.38. The topological polar surface area (TPSA) is 44.8 Å². The lowest BCUT2D eigenvalue weighted by atomic mass is 10.1. The number of hydrogen-bond donors (Lipinski definition) is 1. The van der Waals surface area contributed by atoms with Crippen LogP contribution in [-0.4, -0.2) is 75.2 Å². The van der Waals surface area contributed by atoms with E-state index in [1.54, 1.807) is 7.11 Å². The number of nitrogens with one attached hydrogen (secondary N) is 1.